The molecule has 0 aromatic rings. The lowest BCUT2D eigenvalue weighted by molar-refractivity contribution is 0.0481. The van der Waals surface area contributed by atoms with Gasteiger partial charge in [0.05, 0.1) is 6.10 Å². The number of rotatable bonds is 6. The molecule has 1 aliphatic heterocycles. The number of nitrogens with one attached hydrogen (secondary N) is 1. The number of hydrogen-bond donors (Lipinski definition) is 2. The van der Waals surface area contributed by atoms with Crippen molar-refractivity contribution >= 4 is 0 Å². The molecule has 0 bridgehead atoms. The van der Waals surface area contributed by atoms with Gasteiger partial charge in [-0.05, 0) is 26.3 Å². The maximum absolute atomic E-state index is 9.97. The highest BCUT2D eigenvalue weighted by Gasteiger charge is 2.25. The minimum Gasteiger partial charge on any atom is -0.390 e. The first-order valence-corrected chi connectivity index (χ1v) is 7.07. The Kier molecular flexibility index (Phi) is 4.79. The molecular formula is C13H27N3O. The van der Waals surface area contributed by atoms with Crippen molar-refractivity contribution in [2.75, 3.05) is 39.3 Å². The van der Waals surface area contributed by atoms with Gasteiger partial charge < -0.3 is 10.4 Å². The molecule has 17 heavy (non-hydrogen) atoms. The van der Waals surface area contributed by atoms with Crippen LogP contribution in [0.15, 0.2) is 0 Å². The van der Waals surface area contributed by atoms with Gasteiger partial charge in [0.2, 0.25) is 0 Å². The Bertz CT molecular complexity index is 233. The van der Waals surface area contributed by atoms with Gasteiger partial charge in [0, 0.05) is 44.8 Å². The zero-order valence-corrected chi connectivity index (χ0v) is 11.2. The molecule has 2 aliphatic rings. The third kappa shape index (κ3) is 4.21. The van der Waals surface area contributed by atoms with Crippen LogP contribution in [0.1, 0.15) is 26.7 Å². The van der Waals surface area contributed by atoms with E-state index in [-0.39, 0.29) is 6.10 Å². The van der Waals surface area contributed by atoms with Crippen molar-refractivity contribution < 1.29 is 5.11 Å². The van der Waals surface area contributed by atoms with Gasteiger partial charge in [0.25, 0.3) is 0 Å². The Morgan fingerprint density at radius 3 is 2.71 bits per heavy atom. The fraction of sp³-hybridized carbons (Fsp3) is 1.00. The Morgan fingerprint density at radius 1 is 1.35 bits per heavy atom. The van der Waals surface area contributed by atoms with Crippen LogP contribution in [0, 0.1) is 0 Å². The lowest BCUT2D eigenvalue weighted by Crippen LogP contribution is -2.53. The third-order valence-electron chi connectivity index (χ3n) is 3.94. The van der Waals surface area contributed by atoms with Gasteiger partial charge in [-0.3, -0.25) is 9.80 Å². The maximum Gasteiger partial charge on any atom is 0.0791 e. The number of aliphatic hydroxyl groups excluding tert-OH is 1. The normalized spacial score (nSPS) is 29.5. The second-order valence-electron chi connectivity index (χ2n) is 5.57. The van der Waals surface area contributed by atoms with E-state index in [4.69, 9.17) is 0 Å². The molecule has 4 nitrogen and oxygen atoms in total. The van der Waals surface area contributed by atoms with E-state index in [0.29, 0.717) is 12.1 Å². The van der Waals surface area contributed by atoms with Crippen LogP contribution in [-0.2, 0) is 0 Å². The first kappa shape index (κ1) is 13.3. The highest BCUT2D eigenvalue weighted by Crippen LogP contribution is 2.18. The first-order valence-electron chi connectivity index (χ1n) is 7.07. The van der Waals surface area contributed by atoms with Crippen LogP contribution in [-0.4, -0.2) is 72.4 Å². The lowest BCUT2D eigenvalue weighted by Gasteiger charge is -2.40. The van der Waals surface area contributed by atoms with Crippen LogP contribution >= 0.6 is 0 Å². The summed E-state index contributed by atoms with van der Waals surface area (Å²) in [4.78, 5) is 4.90. The molecule has 0 aromatic carbocycles. The number of likely N-dealkylation sites (N-methyl/N-ethyl adjacent to an activating group) is 1. The van der Waals surface area contributed by atoms with E-state index in [1.807, 2.05) is 0 Å². The van der Waals surface area contributed by atoms with E-state index in [1.165, 1.54) is 12.8 Å². The van der Waals surface area contributed by atoms with Crippen molar-refractivity contribution in [3.63, 3.8) is 0 Å². The molecule has 2 unspecified atom stereocenters. The smallest absolute Gasteiger partial charge is 0.0791 e. The minimum atomic E-state index is -0.212. The summed E-state index contributed by atoms with van der Waals surface area (Å²) in [7, 11) is 0. The molecule has 1 saturated carbocycles. The lowest BCUT2D eigenvalue weighted by atomic mass is 10.1. The molecule has 1 heterocycles. The molecule has 1 saturated heterocycles. The van der Waals surface area contributed by atoms with Crippen molar-refractivity contribution in [3.8, 4) is 0 Å². The topological polar surface area (TPSA) is 38.7 Å². The molecule has 2 rings (SSSR count). The highest BCUT2D eigenvalue weighted by atomic mass is 16.3. The van der Waals surface area contributed by atoms with Crippen molar-refractivity contribution in [2.24, 2.45) is 0 Å². The van der Waals surface area contributed by atoms with Gasteiger partial charge >= 0.3 is 0 Å². The Balaban J connectivity index is 1.64. The quantitative estimate of drug-likeness (QED) is 0.693. The molecule has 0 amide bonds. The number of aliphatic hydroxyl groups is 1. The van der Waals surface area contributed by atoms with Gasteiger partial charge in [-0.25, -0.2) is 0 Å². The standard InChI is InChI=1S/C13H27N3O/c1-3-16-7-6-15(9-11(16)2)10-13(17)8-14-12-4-5-12/h11-14,17H,3-10H2,1-2H3. The van der Waals surface area contributed by atoms with E-state index < -0.39 is 0 Å². The summed E-state index contributed by atoms with van der Waals surface area (Å²) in [6.07, 6.45) is 2.37. The van der Waals surface area contributed by atoms with Crippen LogP contribution in [0.4, 0.5) is 0 Å². The second kappa shape index (κ2) is 6.14. The van der Waals surface area contributed by atoms with Crippen molar-refractivity contribution in [3.05, 3.63) is 0 Å². The van der Waals surface area contributed by atoms with Gasteiger partial charge in [-0.2, -0.15) is 0 Å². The fourth-order valence-corrected chi connectivity index (χ4v) is 2.66. The largest absolute Gasteiger partial charge is 0.390 e. The molecule has 2 fully saturated rings. The van der Waals surface area contributed by atoms with E-state index in [2.05, 4.69) is 29.0 Å². The first-order chi connectivity index (χ1) is 8.19. The summed E-state index contributed by atoms with van der Waals surface area (Å²) in [5, 5.41) is 13.4. The SMILES string of the molecule is CCN1CCN(CC(O)CNC2CC2)CC1C. The predicted octanol–water partition coefficient (Wildman–Crippen LogP) is 0.125. The molecule has 0 spiro atoms. The maximum atomic E-state index is 9.97. The summed E-state index contributed by atoms with van der Waals surface area (Å²) in [5.74, 6) is 0. The van der Waals surface area contributed by atoms with E-state index >= 15 is 0 Å². The predicted molar refractivity (Wildman–Crippen MR) is 70.2 cm³/mol. The molecule has 0 aromatic heterocycles. The Morgan fingerprint density at radius 2 is 2.12 bits per heavy atom. The summed E-state index contributed by atoms with van der Waals surface area (Å²) >= 11 is 0. The molecule has 2 N–H and O–H groups in total. The highest BCUT2D eigenvalue weighted by molar-refractivity contribution is 4.84. The number of hydrogen-bond acceptors (Lipinski definition) is 4. The van der Waals surface area contributed by atoms with E-state index in [0.717, 1.165) is 39.3 Å². The molecule has 0 radical (unpaired) electrons. The second-order valence-corrected chi connectivity index (χ2v) is 5.57. The van der Waals surface area contributed by atoms with Gasteiger partial charge in [-0.15, -0.1) is 0 Å². The van der Waals surface area contributed by atoms with Crippen LogP contribution in [0.5, 0.6) is 0 Å². The monoisotopic (exact) mass is 241 g/mol. The Hall–Kier alpha value is -0.160. The average molecular weight is 241 g/mol. The van der Waals surface area contributed by atoms with E-state index in [1.54, 1.807) is 0 Å². The van der Waals surface area contributed by atoms with E-state index in [9.17, 15) is 5.11 Å². The molecular weight excluding hydrogens is 214 g/mol. The zero-order chi connectivity index (χ0) is 12.3. The van der Waals surface area contributed by atoms with Crippen molar-refractivity contribution in [1.29, 1.82) is 0 Å². The number of β-amino-alcohol motifs (C(OH)–C–C–N with tert-alkyl or cyclic N) is 1. The van der Waals surface area contributed by atoms with Crippen molar-refractivity contribution in [1.82, 2.24) is 15.1 Å². The molecule has 1 aliphatic carbocycles. The minimum absolute atomic E-state index is 0.212. The summed E-state index contributed by atoms with van der Waals surface area (Å²) in [6.45, 7) is 10.5. The summed E-state index contributed by atoms with van der Waals surface area (Å²) in [5.41, 5.74) is 0. The molecule has 100 valence electrons. The Labute approximate surface area is 105 Å². The summed E-state index contributed by atoms with van der Waals surface area (Å²) in [6, 6.07) is 1.32. The fourth-order valence-electron chi connectivity index (χ4n) is 2.66. The summed E-state index contributed by atoms with van der Waals surface area (Å²) < 4.78 is 0. The van der Waals surface area contributed by atoms with Crippen LogP contribution in [0.25, 0.3) is 0 Å². The average Bonchev–Trinajstić information content (AvgIpc) is 3.10. The molecule has 2 atom stereocenters. The van der Waals surface area contributed by atoms with Gasteiger partial charge in [0.15, 0.2) is 0 Å². The third-order valence-corrected chi connectivity index (χ3v) is 3.94. The number of nitrogens with zero attached hydrogens (tertiary/aromatic N) is 2. The van der Waals surface area contributed by atoms with Crippen LogP contribution < -0.4 is 5.32 Å². The van der Waals surface area contributed by atoms with Crippen molar-refractivity contribution in [2.45, 2.75) is 44.9 Å². The zero-order valence-electron chi connectivity index (χ0n) is 11.2. The van der Waals surface area contributed by atoms with Crippen LogP contribution in [0.2, 0.25) is 0 Å². The van der Waals surface area contributed by atoms with Crippen LogP contribution in [0.3, 0.4) is 0 Å². The number of piperazine rings is 1. The van der Waals surface area contributed by atoms with Gasteiger partial charge in [0.1, 0.15) is 0 Å². The van der Waals surface area contributed by atoms with Gasteiger partial charge in [-0.1, -0.05) is 6.92 Å². The molecule has 4 heteroatoms.